The predicted octanol–water partition coefficient (Wildman–Crippen LogP) is 1.62. The standard InChI is InChI=1S/C16H20N4O2/c1-12(2)20-15(21)10-19(16(20)22)11-18(3)9-14-6-4-5-13(7-14)8-17/h4-7,12H,9-11H2,1-3H3. The first-order chi connectivity index (χ1) is 10.4. The molecule has 22 heavy (non-hydrogen) atoms. The molecule has 1 aliphatic rings. The number of imide groups is 1. The van der Waals surface area contributed by atoms with E-state index in [1.54, 1.807) is 6.07 Å². The van der Waals surface area contributed by atoms with Gasteiger partial charge in [-0.25, -0.2) is 4.79 Å². The molecule has 0 unspecified atom stereocenters. The summed E-state index contributed by atoms with van der Waals surface area (Å²) >= 11 is 0. The van der Waals surface area contributed by atoms with Crippen molar-refractivity contribution in [2.24, 2.45) is 0 Å². The van der Waals surface area contributed by atoms with Crippen LogP contribution in [0.15, 0.2) is 24.3 Å². The summed E-state index contributed by atoms with van der Waals surface area (Å²) in [7, 11) is 1.88. The van der Waals surface area contributed by atoms with Gasteiger partial charge in [0.1, 0.15) is 6.54 Å². The summed E-state index contributed by atoms with van der Waals surface area (Å²) in [6.07, 6.45) is 0. The van der Waals surface area contributed by atoms with Gasteiger partial charge in [-0.2, -0.15) is 5.26 Å². The average molecular weight is 300 g/mol. The van der Waals surface area contributed by atoms with Crippen molar-refractivity contribution in [3.8, 4) is 6.07 Å². The number of urea groups is 1. The van der Waals surface area contributed by atoms with Crippen LogP contribution in [0.5, 0.6) is 0 Å². The van der Waals surface area contributed by atoms with E-state index in [1.165, 1.54) is 9.80 Å². The highest BCUT2D eigenvalue weighted by Crippen LogP contribution is 2.15. The van der Waals surface area contributed by atoms with Gasteiger partial charge in [0.25, 0.3) is 5.91 Å². The third-order valence-electron chi connectivity index (χ3n) is 3.51. The van der Waals surface area contributed by atoms with Crippen molar-refractivity contribution < 1.29 is 9.59 Å². The van der Waals surface area contributed by atoms with Gasteiger partial charge < -0.3 is 4.90 Å². The summed E-state index contributed by atoms with van der Waals surface area (Å²) in [4.78, 5) is 28.9. The first-order valence-electron chi connectivity index (χ1n) is 7.21. The predicted molar refractivity (Wildman–Crippen MR) is 81.6 cm³/mol. The minimum atomic E-state index is -0.238. The number of carbonyl (C=O) groups is 2. The smallest absolute Gasteiger partial charge is 0.302 e. The summed E-state index contributed by atoms with van der Waals surface area (Å²) in [5, 5.41) is 8.91. The van der Waals surface area contributed by atoms with Crippen molar-refractivity contribution in [2.45, 2.75) is 26.4 Å². The van der Waals surface area contributed by atoms with Crippen LogP contribution in [0.3, 0.4) is 0 Å². The molecule has 116 valence electrons. The van der Waals surface area contributed by atoms with E-state index in [-0.39, 0.29) is 24.5 Å². The van der Waals surface area contributed by atoms with Gasteiger partial charge in [-0.3, -0.25) is 14.6 Å². The van der Waals surface area contributed by atoms with Crippen molar-refractivity contribution in [1.82, 2.24) is 14.7 Å². The van der Waals surface area contributed by atoms with Crippen molar-refractivity contribution in [3.05, 3.63) is 35.4 Å². The lowest BCUT2D eigenvalue weighted by atomic mass is 10.1. The Balaban J connectivity index is 1.98. The maximum atomic E-state index is 12.2. The summed E-state index contributed by atoms with van der Waals surface area (Å²) < 4.78 is 0. The Morgan fingerprint density at radius 2 is 2.09 bits per heavy atom. The Morgan fingerprint density at radius 1 is 1.36 bits per heavy atom. The van der Waals surface area contributed by atoms with E-state index in [0.29, 0.717) is 18.8 Å². The number of amides is 3. The zero-order valence-electron chi connectivity index (χ0n) is 13.1. The Kier molecular flexibility index (Phi) is 4.78. The lowest BCUT2D eigenvalue weighted by molar-refractivity contribution is -0.126. The molecular weight excluding hydrogens is 280 g/mol. The van der Waals surface area contributed by atoms with Crippen LogP contribution >= 0.6 is 0 Å². The molecule has 0 radical (unpaired) electrons. The topological polar surface area (TPSA) is 67.7 Å². The van der Waals surface area contributed by atoms with Crippen LogP contribution < -0.4 is 0 Å². The number of nitrogens with zero attached hydrogens (tertiary/aromatic N) is 4. The minimum absolute atomic E-state index is 0.123. The fraction of sp³-hybridized carbons (Fsp3) is 0.438. The lowest BCUT2D eigenvalue weighted by Crippen LogP contribution is -2.41. The Hall–Kier alpha value is -2.39. The second-order valence-electron chi connectivity index (χ2n) is 5.81. The van der Waals surface area contributed by atoms with Gasteiger partial charge in [0.2, 0.25) is 0 Å². The largest absolute Gasteiger partial charge is 0.328 e. The number of carbonyl (C=O) groups excluding carboxylic acids is 2. The van der Waals surface area contributed by atoms with Crippen LogP contribution in [0, 0.1) is 11.3 Å². The molecule has 3 amide bonds. The van der Waals surface area contributed by atoms with Crippen molar-refractivity contribution in [2.75, 3.05) is 20.3 Å². The quantitative estimate of drug-likeness (QED) is 0.775. The lowest BCUT2D eigenvalue weighted by Gasteiger charge is -2.24. The van der Waals surface area contributed by atoms with Crippen LogP contribution in [0.25, 0.3) is 0 Å². The molecule has 0 atom stereocenters. The van der Waals surface area contributed by atoms with E-state index in [4.69, 9.17) is 5.26 Å². The van der Waals surface area contributed by atoms with Gasteiger partial charge in [0, 0.05) is 12.6 Å². The highest BCUT2D eigenvalue weighted by Gasteiger charge is 2.37. The van der Waals surface area contributed by atoms with Gasteiger partial charge >= 0.3 is 6.03 Å². The summed E-state index contributed by atoms with van der Waals surface area (Å²) in [6.45, 7) is 4.77. The second kappa shape index (κ2) is 6.58. The monoisotopic (exact) mass is 300 g/mol. The van der Waals surface area contributed by atoms with Gasteiger partial charge in [0.05, 0.1) is 18.3 Å². The van der Waals surface area contributed by atoms with Crippen molar-refractivity contribution >= 4 is 11.9 Å². The van der Waals surface area contributed by atoms with E-state index >= 15 is 0 Å². The maximum Gasteiger partial charge on any atom is 0.328 e. The van der Waals surface area contributed by atoms with Gasteiger partial charge in [-0.05, 0) is 38.6 Å². The van der Waals surface area contributed by atoms with Gasteiger partial charge in [0.15, 0.2) is 0 Å². The molecular formula is C16H20N4O2. The first kappa shape index (κ1) is 16.0. The fourth-order valence-corrected chi connectivity index (χ4v) is 2.58. The van der Waals surface area contributed by atoms with Crippen molar-refractivity contribution in [1.29, 1.82) is 5.26 Å². The zero-order valence-corrected chi connectivity index (χ0v) is 13.1. The summed E-state index contributed by atoms with van der Waals surface area (Å²) in [5.74, 6) is -0.153. The molecule has 0 bridgehead atoms. The van der Waals surface area contributed by atoms with E-state index < -0.39 is 0 Å². The molecule has 6 nitrogen and oxygen atoms in total. The number of hydrogen-bond donors (Lipinski definition) is 0. The van der Waals surface area contributed by atoms with Crippen LogP contribution in [0.1, 0.15) is 25.0 Å². The van der Waals surface area contributed by atoms with Crippen LogP contribution in [0.2, 0.25) is 0 Å². The molecule has 0 saturated carbocycles. The maximum absolute atomic E-state index is 12.2. The Labute approximate surface area is 130 Å². The van der Waals surface area contributed by atoms with E-state index in [2.05, 4.69) is 6.07 Å². The molecule has 6 heteroatoms. The average Bonchev–Trinajstić information content (AvgIpc) is 2.73. The summed E-state index contributed by atoms with van der Waals surface area (Å²) in [5.41, 5.74) is 1.62. The van der Waals surface area contributed by atoms with Gasteiger partial charge in [-0.1, -0.05) is 12.1 Å². The molecule has 1 fully saturated rings. The molecule has 0 N–H and O–H groups in total. The first-order valence-corrected chi connectivity index (χ1v) is 7.21. The molecule has 1 aromatic rings. The molecule has 1 saturated heterocycles. The van der Waals surface area contributed by atoms with Gasteiger partial charge in [-0.15, -0.1) is 0 Å². The fourth-order valence-electron chi connectivity index (χ4n) is 2.58. The normalized spacial score (nSPS) is 15.1. The molecule has 0 aliphatic carbocycles. The number of nitriles is 1. The third-order valence-corrected chi connectivity index (χ3v) is 3.51. The van der Waals surface area contributed by atoms with E-state index in [9.17, 15) is 9.59 Å². The molecule has 0 aromatic heterocycles. The van der Waals surface area contributed by atoms with Crippen LogP contribution in [-0.2, 0) is 11.3 Å². The van der Waals surface area contributed by atoms with E-state index in [0.717, 1.165) is 5.56 Å². The number of rotatable bonds is 5. The van der Waals surface area contributed by atoms with Crippen molar-refractivity contribution in [3.63, 3.8) is 0 Å². The molecule has 0 spiro atoms. The third kappa shape index (κ3) is 3.43. The Bertz CT molecular complexity index is 621. The SMILES string of the molecule is CC(C)N1C(=O)CN(CN(C)Cc2cccc(C#N)c2)C1=O. The zero-order chi connectivity index (χ0) is 16.3. The molecule has 1 heterocycles. The highest BCUT2D eigenvalue weighted by atomic mass is 16.2. The number of hydrogen-bond acceptors (Lipinski definition) is 4. The Morgan fingerprint density at radius 3 is 2.68 bits per heavy atom. The van der Waals surface area contributed by atoms with E-state index in [1.807, 2.05) is 44.0 Å². The summed E-state index contributed by atoms with van der Waals surface area (Å²) in [6, 6.07) is 9.11. The second-order valence-corrected chi connectivity index (χ2v) is 5.81. The molecule has 1 aromatic carbocycles. The van der Waals surface area contributed by atoms with Crippen LogP contribution in [-0.4, -0.2) is 52.9 Å². The molecule has 2 rings (SSSR count). The van der Waals surface area contributed by atoms with Crippen LogP contribution in [0.4, 0.5) is 4.79 Å². The molecule has 1 aliphatic heterocycles. The minimum Gasteiger partial charge on any atom is -0.302 e. The number of benzene rings is 1. The highest BCUT2D eigenvalue weighted by molar-refractivity contribution is 6.02.